The van der Waals surface area contributed by atoms with E-state index < -0.39 is 0 Å². The van der Waals surface area contributed by atoms with Crippen LogP contribution in [0.15, 0.2) is 34.7 Å². The molecule has 0 aliphatic heterocycles. The molecule has 5 nitrogen and oxygen atoms in total. The average Bonchev–Trinajstić information content (AvgIpc) is 3.13. The molecule has 3 rings (SSSR count). The molecule has 2 aromatic rings. The number of amides is 1. The summed E-state index contributed by atoms with van der Waals surface area (Å²) in [6.45, 7) is 5.32. The number of hydrogen-bond donors (Lipinski definition) is 1. The Labute approximate surface area is 170 Å². The number of thioether (sulfide) groups is 1. The van der Waals surface area contributed by atoms with Gasteiger partial charge in [0.1, 0.15) is 0 Å². The van der Waals surface area contributed by atoms with Crippen molar-refractivity contribution in [1.82, 2.24) is 15.1 Å². The molecule has 1 aromatic carbocycles. The van der Waals surface area contributed by atoms with Crippen LogP contribution in [0.4, 0.5) is 5.13 Å². The van der Waals surface area contributed by atoms with E-state index >= 15 is 0 Å². The van der Waals surface area contributed by atoms with Crippen LogP contribution in [0.2, 0.25) is 0 Å². The van der Waals surface area contributed by atoms with Crippen LogP contribution in [0, 0.1) is 0 Å². The molecular formula is C20H28N4OS2. The Balaban J connectivity index is 1.54. The van der Waals surface area contributed by atoms with Gasteiger partial charge in [-0.25, -0.2) is 0 Å². The number of carbonyl (C=O) groups is 1. The van der Waals surface area contributed by atoms with Gasteiger partial charge in [-0.1, -0.05) is 72.7 Å². The Kier molecular flexibility index (Phi) is 7.52. The number of nitrogens with one attached hydrogen (secondary N) is 1. The number of anilines is 1. The largest absolute Gasteiger partial charge is 0.357 e. The van der Waals surface area contributed by atoms with E-state index in [4.69, 9.17) is 0 Å². The van der Waals surface area contributed by atoms with Crippen molar-refractivity contribution in [3.63, 3.8) is 0 Å². The first-order valence-corrected chi connectivity index (χ1v) is 11.4. The van der Waals surface area contributed by atoms with Crippen molar-refractivity contribution in [2.45, 2.75) is 68.1 Å². The fraction of sp³-hybridized carbons (Fsp3) is 0.550. The van der Waals surface area contributed by atoms with Gasteiger partial charge in [-0.05, 0) is 32.3 Å². The van der Waals surface area contributed by atoms with Crippen molar-refractivity contribution in [3.8, 4) is 0 Å². The van der Waals surface area contributed by atoms with Crippen LogP contribution in [0.5, 0.6) is 0 Å². The van der Waals surface area contributed by atoms with Gasteiger partial charge in [0.15, 0.2) is 4.34 Å². The number of carbonyl (C=O) groups excluding carboxylic acids is 1. The van der Waals surface area contributed by atoms with Crippen molar-refractivity contribution in [2.24, 2.45) is 0 Å². The lowest BCUT2D eigenvalue weighted by Gasteiger charge is -2.24. The topological polar surface area (TPSA) is 58.1 Å². The van der Waals surface area contributed by atoms with Crippen LogP contribution in [0.25, 0.3) is 0 Å². The smallest absolute Gasteiger partial charge is 0.236 e. The molecule has 0 radical (unpaired) electrons. The summed E-state index contributed by atoms with van der Waals surface area (Å²) in [6.07, 6.45) is 6.34. The standard InChI is InChI=1S/C20H28N4OS2/c1-3-24(14-16-10-6-4-7-11-16)18(25)15(2)26-20-23-22-19(27-20)21-17-12-8-5-9-13-17/h4,6-7,10-11,15,17H,3,5,8-9,12-14H2,1-2H3,(H,21,22). The molecule has 27 heavy (non-hydrogen) atoms. The average molecular weight is 405 g/mol. The number of aromatic nitrogens is 2. The third kappa shape index (κ3) is 5.94. The maximum absolute atomic E-state index is 12.9. The minimum absolute atomic E-state index is 0.142. The maximum Gasteiger partial charge on any atom is 0.236 e. The van der Waals surface area contributed by atoms with E-state index in [2.05, 4.69) is 27.6 Å². The third-order valence-corrected chi connectivity index (χ3v) is 6.90. The second kappa shape index (κ2) is 10.1. The fourth-order valence-electron chi connectivity index (χ4n) is 3.35. The van der Waals surface area contributed by atoms with Gasteiger partial charge in [-0.15, -0.1) is 10.2 Å². The molecule has 7 heteroatoms. The molecule has 1 amide bonds. The van der Waals surface area contributed by atoms with Crippen molar-refractivity contribution in [1.29, 1.82) is 0 Å². The summed E-state index contributed by atoms with van der Waals surface area (Å²) >= 11 is 3.06. The molecule has 1 saturated carbocycles. The highest BCUT2D eigenvalue weighted by Gasteiger charge is 2.23. The number of rotatable bonds is 8. The normalized spacial score (nSPS) is 16.1. The second-order valence-electron chi connectivity index (χ2n) is 6.95. The zero-order valence-corrected chi connectivity index (χ0v) is 17.7. The zero-order valence-electron chi connectivity index (χ0n) is 16.1. The quantitative estimate of drug-likeness (QED) is 0.640. The molecule has 1 aliphatic carbocycles. The fourth-order valence-corrected chi connectivity index (χ4v) is 5.40. The Morgan fingerprint density at radius 2 is 2.00 bits per heavy atom. The van der Waals surface area contributed by atoms with Gasteiger partial charge in [0.05, 0.1) is 5.25 Å². The summed E-state index contributed by atoms with van der Waals surface area (Å²) in [5.74, 6) is 0.142. The highest BCUT2D eigenvalue weighted by molar-refractivity contribution is 8.02. The van der Waals surface area contributed by atoms with E-state index in [1.807, 2.05) is 36.9 Å². The van der Waals surface area contributed by atoms with Crippen LogP contribution >= 0.6 is 23.1 Å². The molecule has 1 aliphatic rings. The summed E-state index contributed by atoms with van der Waals surface area (Å²) in [7, 11) is 0. The number of hydrogen-bond acceptors (Lipinski definition) is 6. The van der Waals surface area contributed by atoms with Gasteiger partial charge in [0.2, 0.25) is 11.0 Å². The lowest BCUT2D eigenvalue weighted by Crippen LogP contribution is -2.35. The van der Waals surface area contributed by atoms with Crippen LogP contribution < -0.4 is 5.32 Å². The minimum atomic E-state index is -0.177. The first-order chi connectivity index (χ1) is 13.2. The Morgan fingerprint density at radius 1 is 1.26 bits per heavy atom. The van der Waals surface area contributed by atoms with E-state index in [9.17, 15) is 4.79 Å². The van der Waals surface area contributed by atoms with E-state index in [1.165, 1.54) is 43.9 Å². The Hall–Kier alpha value is -1.60. The Morgan fingerprint density at radius 3 is 2.70 bits per heavy atom. The van der Waals surface area contributed by atoms with E-state index in [-0.39, 0.29) is 11.2 Å². The minimum Gasteiger partial charge on any atom is -0.357 e. The van der Waals surface area contributed by atoms with E-state index in [1.54, 1.807) is 11.3 Å². The lowest BCUT2D eigenvalue weighted by molar-refractivity contribution is -0.130. The number of benzene rings is 1. The van der Waals surface area contributed by atoms with E-state index in [0.29, 0.717) is 19.1 Å². The molecule has 1 atom stereocenters. The molecule has 1 N–H and O–H groups in total. The maximum atomic E-state index is 12.9. The lowest BCUT2D eigenvalue weighted by atomic mass is 9.96. The van der Waals surface area contributed by atoms with Gasteiger partial charge < -0.3 is 10.2 Å². The highest BCUT2D eigenvalue weighted by Crippen LogP contribution is 2.31. The molecule has 146 valence electrons. The van der Waals surface area contributed by atoms with Gasteiger partial charge in [-0.2, -0.15) is 0 Å². The highest BCUT2D eigenvalue weighted by atomic mass is 32.2. The summed E-state index contributed by atoms with van der Waals surface area (Å²) < 4.78 is 0.852. The van der Waals surface area contributed by atoms with Gasteiger partial charge in [-0.3, -0.25) is 4.79 Å². The van der Waals surface area contributed by atoms with Crippen molar-refractivity contribution < 1.29 is 4.79 Å². The molecule has 1 heterocycles. The molecule has 0 spiro atoms. The number of nitrogens with zero attached hydrogens (tertiary/aromatic N) is 3. The van der Waals surface area contributed by atoms with Gasteiger partial charge in [0.25, 0.3) is 0 Å². The first-order valence-electron chi connectivity index (χ1n) is 9.75. The van der Waals surface area contributed by atoms with Crippen molar-refractivity contribution >= 4 is 34.1 Å². The summed E-state index contributed by atoms with van der Waals surface area (Å²) in [5, 5.41) is 12.7. The SMILES string of the molecule is CCN(Cc1ccccc1)C(=O)C(C)Sc1nnc(NC2CCCCC2)s1. The predicted octanol–water partition coefficient (Wildman–Crippen LogP) is 4.81. The van der Waals surface area contributed by atoms with Crippen LogP contribution in [0.3, 0.4) is 0 Å². The van der Waals surface area contributed by atoms with Gasteiger partial charge >= 0.3 is 0 Å². The molecular weight excluding hydrogens is 376 g/mol. The molecule has 1 unspecified atom stereocenters. The molecule has 1 fully saturated rings. The third-order valence-electron chi connectivity index (χ3n) is 4.87. The molecule has 1 aromatic heterocycles. The van der Waals surface area contributed by atoms with E-state index in [0.717, 1.165) is 15.0 Å². The van der Waals surface area contributed by atoms with Crippen LogP contribution in [-0.2, 0) is 11.3 Å². The Bertz CT molecular complexity index is 716. The molecule has 0 bridgehead atoms. The second-order valence-corrected chi connectivity index (χ2v) is 9.52. The van der Waals surface area contributed by atoms with Crippen LogP contribution in [0.1, 0.15) is 51.5 Å². The zero-order chi connectivity index (χ0) is 19.1. The van der Waals surface area contributed by atoms with Crippen LogP contribution in [-0.4, -0.2) is 38.8 Å². The summed E-state index contributed by atoms with van der Waals surface area (Å²) in [5.41, 5.74) is 1.15. The molecule has 0 saturated heterocycles. The van der Waals surface area contributed by atoms with Crippen molar-refractivity contribution in [3.05, 3.63) is 35.9 Å². The van der Waals surface area contributed by atoms with Gasteiger partial charge in [0, 0.05) is 19.1 Å². The van der Waals surface area contributed by atoms with Crippen molar-refractivity contribution in [2.75, 3.05) is 11.9 Å². The first kappa shape index (κ1) is 20.1. The summed E-state index contributed by atoms with van der Waals surface area (Å²) in [4.78, 5) is 14.8. The monoisotopic (exact) mass is 404 g/mol. The summed E-state index contributed by atoms with van der Waals surface area (Å²) in [6, 6.07) is 10.6. The predicted molar refractivity (Wildman–Crippen MR) is 113 cm³/mol.